The summed E-state index contributed by atoms with van der Waals surface area (Å²) in [5, 5.41) is 83.3. The van der Waals surface area contributed by atoms with Crippen LogP contribution in [-0.4, -0.2) is 153 Å². The van der Waals surface area contributed by atoms with Crippen LogP contribution in [0.5, 0.6) is 0 Å². The van der Waals surface area contributed by atoms with Crippen molar-refractivity contribution in [3.8, 4) is 0 Å². The minimum atomic E-state index is -6.00. The van der Waals surface area contributed by atoms with E-state index in [4.69, 9.17) is 9.47 Å². The molecule has 2 heterocycles. The van der Waals surface area contributed by atoms with Crippen molar-refractivity contribution in [2.45, 2.75) is 119 Å². The minimum absolute atomic E-state index is 0.279. The Hall–Kier alpha value is -3.77. The molecule has 49 heavy (non-hydrogen) atoms. The van der Waals surface area contributed by atoms with Crippen molar-refractivity contribution in [3.05, 3.63) is 10.4 Å². The molecule has 2 aliphatic heterocycles. The molecule has 1 amide bonds. The number of aliphatic hydroxyl groups is 7. The number of carbonyl (C=O) groups is 7. The average Bonchev–Trinajstić information content (AvgIpc) is 2.97. The van der Waals surface area contributed by atoms with Gasteiger partial charge in [-0.05, 0) is 40.1 Å². The molecule has 2 unspecified atom stereocenters. The number of rotatable bonds is 11. The van der Waals surface area contributed by atoms with Crippen molar-refractivity contribution in [1.29, 1.82) is 0 Å². The van der Waals surface area contributed by atoms with Gasteiger partial charge in [-0.2, -0.15) is 13.2 Å². The Balaban J connectivity index is 3.40. The Morgan fingerprint density at radius 1 is 0.776 bits per heavy atom. The van der Waals surface area contributed by atoms with E-state index >= 15 is 0 Å². The largest absolute Gasteiger partial charge is 0.471 e. The Kier molecular flexibility index (Phi) is 11.1. The zero-order valence-corrected chi connectivity index (χ0v) is 26.3. The lowest BCUT2D eigenvalue weighted by atomic mass is 9.56. The van der Waals surface area contributed by atoms with Crippen LogP contribution in [0.3, 0.4) is 0 Å². The fraction of sp³-hybridized carbons (Fsp3) is 0.731. The number of carbonyl (C=O) groups excluding carboxylic acids is 7. The van der Waals surface area contributed by atoms with Crippen molar-refractivity contribution >= 4 is 40.6 Å². The van der Waals surface area contributed by atoms with Crippen molar-refractivity contribution in [2.24, 2.45) is 5.11 Å². The number of alkyl halides is 3. The quantitative estimate of drug-likeness (QED) is 0.0570. The lowest BCUT2D eigenvalue weighted by Crippen LogP contribution is -2.92. The molecule has 8 N–H and O–H groups in total. The molecule has 0 aliphatic carbocycles. The second kappa shape index (κ2) is 13.2. The van der Waals surface area contributed by atoms with E-state index in [0.29, 0.717) is 34.6 Å². The Morgan fingerprint density at radius 2 is 1.20 bits per heavy atom. The van der Waals surface area contributed by atoms with Crippen LogP contribution in [0.1, 0.15) is 41.5 Å². The number of nitrogens with zero attached hydrogens (tertiary/aromatic N) is 3. The number of halogens is 3. The molecular formula is C26H33F3N4O16. The van der Waals surface area contributed by atoms with Gasteiger partial charge in [-0.3, -0.25) is 33.6 Å². The number of nitrogens with one attached hydrogen (secondary N) is 1. The zero-order chi connectivity index (χ0) is 38.6. The van der Waals surface area contributed by atoms with Gasteiger partial charge in [0.05, 0.1) is 6.04 Å². The molecule has 20 nitrogen and oxygen atoms in total. The summed E-state index contributed by atoms with van der Waals surface area (Å²) in [5.41, 5.74) is -7.94. The predicted molar refractivity (Wildman–Crippen MR) is 145 cm³/mol. The predicted octanol–water partition coefficient (Wildman–Crippen LogP) is -4.25. The molecule has 0 saturated carbocycles. The van der Waals surface area contributed by atoms with Gasteiger partial charge in [0.15, 0.2) is 69.3 Å². The van der Waals surface area contributed by atoms with E-state index in [2.05, 4.69) is 10.0 Å². The maximum absolute atomic E-state index is 13.7. The standard InChI is InChI=1S/C26H33F3N4O16/c1-7(34)13(40)16-22(44,10(4)37)21(43,9(3)36)15(31-20(42)26(27,28)29)18(48-16)24(46)17(14(41)8(2)35)49-25(47,12(6)39)19(32-33-30)23(24,45)11(5)38/h7-8,15-19,34-35,43-47H,1-6H3,(H,31,42)/t7?,8?,15-,16-,17-,18-,19+,21-,22-,23-,24+,25+/m1/s1. The number of hydrogen-bond acceptors (Lipinski definition) is 17. The number of Topliss-reactive ketones (excluding diaryl/α,β-unsaturated/α-hetero) is 6. The third-order valence-corrected chi connectivity index (χ3v) is 8.67. The van der Waals surface area contributed by atoms with Crippen LogP contribution in [0.15, 0.2) is 5.11 Å². The number of hydrogen-bond donors (Lipinski definition) is 8. The van der Waals surface area contributed by atoms with Gasteiger partial charge in [0.25, 0.3) is 0 Å². The molecule has 2 saturated heterocycles. The first-order valence-electron chi connectivity index (χ1n) is 13.9. The minimum Gasteiger partial charge on any atom is -0.386 e. The third kappa shape index (κ3) is 5.84. The topological polar surface area (TPSA) is 340 Å². The van der Waals surface area contributed by atoms with Crippen molar-refractivity contribution < 1.29 is 92.0 Å². The fourth-order valence-corrected chi connectivity index (χ4v) is 6.03. The van der Waals surface area contributed by atoms with Gasteiger partial charge >= 0.3 is 12.1 Å². The van der Waals surface area contributed by atoms with Gasteiger partial charge in [0.1, 0.15) is 24.4 Å². The number of ether oxygens (including phenoxy) is 2. The molecule has 2 rings (SSSR count). The second-order valence-electron chi connectivity index (χ2n) is 11.7. The van der Waals surface area contributed by atoms with Gasteiger partial charge in [-0.25, -0.2) is 0 Å². The Bertz CT molecular complexity index is 1520. The van der Waals surface area contributed by atoms with E-state index in [1.807, 2.05) is 0 Å². The van der Waals surface area contributed by atoms with Gasteiger partial charge < -0.3 is 50.5 Å². The maximum Gasteiger partial charge on any atom is 0.471 e. The monoisotopic (exact) mass is 714 g/mol. The molecule has 23 heteroatoms. The van der Waals surface area contributed by atoms with Crippen LogP contribution < -0.4 is 5.32 Å². The summed E-state index contributed by atoms with van der Waals surface area (Å²) in [6.45, 7) is 2.69. The van der Waals surface area contributed by atoms with E-state index in [9.17, 15) is 88.0 Å². The fourth-order valence-electron chi connectivity index (χ4n) is 6.03. The van der Waals surface area contributed by atoms with Gasteiger partial charge in [-0.1, -0.05) is 5.11 Å². The molecule has 2 aliphatic rings. The van der Waals surface area contributed by atoms with Crippen LogP contribution >= 0.6 is 0 Å². The highest BCUT2D eigenvalue weighted by Gasteiger charge is 2.82. The SMILES string of the molecule is CC(=O)[C@]1(O)O[C@H](C(=O)C(C)O)[C@](O)([C@@H]2O[C@H](C(=O)C(C)O)[C@](O)(C(C)=O)[C@@](O)(C(C)=O)[C@@H]2NC(=O)C(F)(F)F)[C@@](O)(C(C)=O)[C@@H]1N=[N+]=[N-]. The number of ketones is 6. The van der Waals surface area contributed by atoms with E-state index in [1.165, 1.54) is 0 Å². The summed E-state index contributed by atoms with van der Waals surface area (Å²) in [4.78, 5) is 93.5. The first-order chi connectivity index (χ1) is 22.0. The summed E-state index contributed by atoms with van der Waals surface area (Å²) >= 11 is 0. The molecule has 12 atom stereocenters. The van der Waals surface area contributed by atoms with Crippen LogP contribution in [0, 0.1) is 0 Å². The van der Waals surface area contributed by atoms with Crippen molar-refractivity contribution in [1.82, 2.24) is 5.32 Å². The summed E-state index contributed by atoms with van der Waals surface area (Å²) in [6.07, 6.45) is -20.9. The Labute approximate surface area is 272 Å². The van der Waals surface area contributed by atoms with Crippen LogP contribution in [0.25, 0.3) is 10.4 Å². The molecular weight excluding hydrogens is 681 g/mol. The molecule has 0 aromatic rings. The lowest BCUT2D eigenvalue weighted by molar-refractivity contribution is -0.371. The van der Waals surface area contributed by atoms with E-state index in [0.717, 1.165) is 5.32 Å². The third-order valence-electron chi connectivity index (χ3n) is 8.67. The average molecular weight is 715 g/mol. The molecule has 0 aromatic heterocycles. The first kappa shape index (κ1) is 41.4. The zero-order valence-electron chi connectivity index (χ0n) is 26.3. The smallest absolute Gasteiger partial charge is 0.386 e. The summed E-state index contributed by atoms with van der Waals surface area (Å²) in [7, 11) is 0. The van der Waals surface area contributed by atoms with Crippen LogP contribution in [0.4, 0.5) is 13.2 Å². The first-order valence-corrected chi connectivity index (χ1v) is 13.9. The second-order valence-corrected chi connectivity index (χ2v) is 11.7. The highest BCUT2D eigenvalue weighted by Crippen LogP contribution is 2.53. The summed E-state index contributed by atoms with van der Waals surface area (Å²) < 4.78 is 51.4. The van der Waals surface area contributed by atoms with Crippen molar-refractivity contribution in [3.63, 3.8) is 0 Å². The molecule has 274 valence electrons. The Morgan fingerprint density at radius 3 is 1.55 bits per heavy atom. The number of amides is 1. The maximum atomic E-state index is 13.7. The van der Waals surface area contributed by atoms with Gasteiger partial charge in [0, 0.05) is 11.8 Å². The summed E-state index contributed by atoms with van der Waals surface area (Å²) in [6, 6.07) is -6.72. The lowest BCUT2D eigenvalue weighted by Gasteiger charge is -2.63. The molecule has 0 radical (unpaired) electrons. The van der Waals surface area contributed by atoms with E-state index in [-0.39, 0.29) is 6.92 Å². The van der Waals surface area contributed by atoms with Gasteiger partial charge in [0.2, 0.25) is 5.79 Å². The van der Waals surface area contributed by atoms with Gasteiger partial charge in [-0.15, -0.1) is 0 Å². The summed E-state index contributed by atoms with van der Waals surface area (Å²) in [5.74, 6) is -18.4. The van der Waals surface area contributed by atoms with Crippen LogP contribution in [-0.2, 0) is 43.0 Å². The molecule has 0 spiro atoms. The highest BCUT2D eigenvalue weighted by molar-refractivity contribution is 6.05. The van der Waals surface area contributed by atoms with Crippen LogP contribution in [0.2, 0.25) is 0 Å². The van der Waals surface area contributed by atoms with E-state index < -0.39 is 118 Å². The highest BCUT2D eigenvalue weighted by atomic mass is 19.4. The number of aliphatic hydroxyl groups excluding tert-OH is 2. The van der Waals surface area contributed by atoms with E-state index in [1.54, 1.807) is 0 Å². The normalized spacial score (nSPS) is 39.1. The molecule has 2 fully saturated rings. The number of azide groups is 1. The molecule has 0 bridgehead atoms. The van der Waals surface area contributed by atoms with Crippen molar-refractivity contribution in [2.75, 3.05) is 0 Å². The molecule has 0 aromatic carbocycles.